The summed E-state index contributed by atoms with van der Waals surface area (Å²) in [4.78, 5) is 34.5. The molecule has 4 aromatic rings. The number of carbonyl (C=O) groups is 1. The molecular weight excluding hydrogens is 392 g/mol. The van der Waals surface area contributed by atoms with Crippen LogP contribution >= 0.6 is 0 Å². The van der Waals surface area contributed by atoms with Gasteiger partial charge in [-0.25, -0.2) is 14.5 Å². The fourth-order valence-electron chi connectivity index (χ4n) is 3.85. The Kier molecular flexibility index (Phi) is 4.74. The Bertz CT molecular complexity index is 1290. The molecule has 2 aromatic carbocycles. The fraction of sp³-hybridized carbons (Fsp3) is 0.217. The van der Waals surface area contributed by atoms with Crippen LogP contribution in [0.25, 0.3) is 16.7 Å². The minimum Gasteiger partial charge on any atom is -0.334 e. The molecular formula is C23H22N6O2. The average molecular weight is 414 g/mol. The third kappa shape index (κ3) is 3.56. The number of carbonyl (C=O) groups excluding carboxylic acids is 1. The molecule has 31 heavy (non-hydrogen) atoms. The standard InChI is InChI=1S/C23H22N6O2/c1-15-19-21(29(27-15)18-10-6-3-7-11-18)25-20(26-22(19)30)17-13-28(14-17)23(31)24-12-16-8-4-2-5-9-16/h2-11,17H,12-14H2,1H3,(H,24,31)(H,25,26,30). The van der Waals surface area contributed by atoms with E-state index in [2.05, 4.69) is 15.4 Å². The van der Waals surface area contributed by atoms with Crippen LogP contribution in [0, 0.1) is 6.92 Å². The predicted molar refractivity (Wildman–Crippen MR) is 117 cm³/mol. The van der Waals surface area contributed by atoms with Crippen LogP contribution in [0.2, 0.25) is 0 Å². The number of aryl methyl sites for hydroxylation is 1. The van der Waals surface area contributed by atoms with Crippen molar-refractivity contribution >= 4 is 17.1 Å². The molecule has 8 nitrogen and oxygen atoms in total. The lowest BCUT2D eigenvalue weighted by molar-refractivity contribution is 0.148. The van der Waals surface area contributed by atoms with Crippen molar-refractivity contribution in [3.05, 3.63) is 88.1 Å². The largest absolute Gasteiger partial charge is 0.334 e. The highest BCUT2D eigenvalue weighted by Crippen LogP contribution is 2.26. The molecule has 2 aromatic heterocycles. The minimum atomic E-state index is -0.202. The zero-order valence-electron chi connectivity index (χ0n) is 17.1. The molecule has 0 unspecified atom stereocenters. The summed E-state index contributed by atoms with van der Waals surface area (Å²) in [6.45, 7) is 3.30. The summed E-state index contributed by atoms with van der Waals surface area (Å²) >= 11 is 0. The minimum absolute atomic E-state index is 0.0148. The van der Waals surface area contributed by atoms with E-state index in [9.17, 15) is 9.59 Å². The Hall–Kier alpha value is -3.94. The first-order valence-electron chi connectivity index (χ1n) is 10.2. The number of H-pyrrole nitrogens is 1. The summed E-state index contributed by atoms with van der Waals surface area (Å²) in [5.41, 5.74) is 2.87. The van der Waals surface area contributed by atoms with Gasteiger partial charge in [-0.1, -0.05) is 48.5 Å². The predicted octanol–water partition coefficient (Wildman–Crippen LogP) is 2.73. The zero-order chi connectivity index (χ0) is 21.4. The lowest BCUT2D eigenvalue weighted by Gasteiger charge is -2.38. The van der Waals surface area contributed by atoms with Gasteiger partial charge in [0, 0.05) is 19.6 Å². The molecule has 8 heteroatoms. The molecule has 0 spiro atoms. The van der Waals surface area contributed by atoms with Crippen molar-refractivity contribution in [2.75, 3.05) is 13.1 Å². The van der Waals surface area contributed by atoms with Gasteiger partial charge >= 0.3 is 6.03 Å². The number of aromatic nitrogens is 4. The van der Waals surface area contributed by atoms with Gasteiger partial charge in [-0.05, 0) is 24.6 Å². The van der Waals surface area contributed by atoms with Crippen LogP contribution in [0.1, 0.15) is 23.0 Å². The van der Waals surface area contributed by atoms with E-state index in [1.807, 2.05) is 60.7 Å². The van der Waals surface area contributed by atoms with Crippen LogP contribution in [-0.2, 0) is 6.54 Å². The first kappa shape index (κ1) is 19.0. The maximum absolute atomic E-state index is 12.7. The Morgan fingerprint density at radius 3 is 2.48 bits per heavy atom. The summed E-state index contributed by atoms with van der Waals surface area (Å²) in [6, 6.07) is 19.3. The molecule has 5 rings (SSSR count). The van der Waals surface area contributed by atoms with Crippen LogP contribution in [-0.4, -0.2) is 43.8 Å². The van der Waals surface area contributed by atoms with Gasteiger partial charge in [0.2, 0.25) is 0 Å². The quantitative estimate of drug-likeness (QED) is 0.537. The van der Waals surface area contributed by atoms with Gasteiger partial charge in [-0.3, -0.25) is 4.79 Å². The Labute approximate surface area is 178 Å². The van der Waals surface area contributed by atoms with Crippen molar-refractivity contribution in [1.82, 2.24) is 30.0 Å². The molecule has 1 saturated heterocycles. The molecule has 0 atom stereocenters. The van der Waals surface area contributed by atoms with E-state index in [4.69, 9.17) is 4.98 Å². The van der Waals surface area contributed by atoms with E-state index in [1.54, 1.807) is 16.5 Å². The van der Waals surface area contributed by atoms with Gasteiger partial charge in [0.1, 0.15) is 11.2 Å². The van der Waals surface area contributed by atoms with Crippen molar-refractivity contribution < 1.29 is 4.79 Å². The number of amides is 2. The lowest BCUT2D eigenvalue weighted by Crippen LogP contribution is -2.53. The highest BCUT2D eigenvalue weighted by molar-refractivity contribution is 5.79. The number of nitrogens with zero attached hydrogens (tertiary/aromatic N) is 4. The van der Waals surface area contributed by atoms with Gasteiger partial charge in [0.05, 0.1) is 17.3 Å². The van der Waals surface area contributed by atoms with Crippen LogP contribution in [0.4, 0.5) is 4.79 Å². The van der Waals surface area contributed by atoms with Crippen LogP contribution in [0.3, 0.4) is 0 Å². The number of benzene rings is 2. The highest BCUT2D eigenvalue weighted by atomic mass is 16.2. The normalized spacial score (nSPS) is 13.9. The lowest BCUT2D eigenvalue weighted by atomic mass is 9.99. The molecule has 0 saturated carbocycles. The van der Waals surface area contributed by atoms with E-state index >= 15 is 0 Å². The van der Waals surface area contributed by atoms with E-state index < -0.39 is 0 Å². The van der Waals surface area contributed by atoms with Gasteiger partial charge in [-0.15, -0.1) is 0 Å². The molecule has 2 N–H and O–H groups in total. The average Bonchev–Trinajstić information content (AvgIpc) is 3.09. The summed E-state index contributed by atoms with van der Waals surface area (Å²) in [5.74, 6) is 0.570. The van der Waals surface area contributed by atoms with Crippen LogP contribution < -0.4 is 10.9 Å². The molecule has 1 fully saturated rings. The number of rotatable bonds is 4. The fourth-order valence-corrected chi connectivity index (χ4v) is 3.85. The van der Waals surface area contributed by atoms with Gasteiger partial charge in [0.25, 0.3) is 5.56 Å². The number of urea groups is 1. The number of hydrogen-bond acceptors (Lipinski definition) is 4. The number of hydrogen-bond donors (Lipinski definition) is 2. The van der Waals surface area contributed by atoms with Crippen molar-refractivity contribution in [2.24, 2.45) is 0 Å². The van der Waals surface area contributed by atoms with Crippen molar-refractivity contribution in [3.63, 3.8) is 0 Å². The third-order valence-corrected chi connectivity index (χ3v) is 5.57. The number of aromatic amines is 1. The van der Waals surface area contributed by atoms with Crippen molar-refractivity contribution in [2.45, 2.75) is 19.4 Å². The molecule has 0 aliphatic carbocycles. The monoisotopic (exact) mass is 414 g/mol. The maximum Gasteiger partial charge on any atom is 0.317 e. The van der Waals surface area contributed by atoms with Gasteiger partial charge < -0.3 is 15.2 Å². The smallest absolute Gasteiger partial charge is 0.317 e. The zero-order valence-corrected chi connectivity index (χ0v) is 17.1. The van der Waals surface area contributed by atoms with Gasteiger partial charge in [0.15, 0.2) is 5.65 Å². The SMILES string of the molecule is Cc1nn(-c2ccccc2)c2nc(C3CN(C(=O)NCc4ccccc4)C3)[nH]c(=O)c12. The Balaban J connectivity index is 1.34. The molecule has 1 aliphatic rings. The second-order valence-electron chi connectivity index (χ2n) is 7.73. The highest BCUT2D eigenvalue weighted by Gasteiger charge is 2.34. The molecule has 3 heterocycles. The number of likely N-dealkylation sites (tertiary alicyclic amines) is 1. The van der Waals surface area contributed by atoms with E-state index in [-0.39, 0.29) is 17.5 Å². The Morgan fingerprint density at radius 2 is 1.77 bits per heavy atom. The molecule has 2 amide bonds. The summed E-state index contributed by atoms with van der Waals surface area (Å²) in [5, 5.41) is 7.94. The summed E-state index contributed by atoms with van der Waals surface area (Å²) < 4.78 is 1.70. The number of para-hydroxylation sites is 1. The number of nitrogens with one attached hydrogen (secondary N) is 2. The summed E-state index contributed by atoms with van der Waals surface area (Å²) in [6.07, 6.45) is 0. The Morgan fingerprint density at radius 1 is 1.10 bits per heavy atom. The van der Waals surface area contributed by atoms with Crippen LogP contribution in [0.5, 0.6) is 0 Å². The topological polar surface area (TPSA) is 95.9 Å². The van der Waals surface area contributed by atoms with E-state index in [0.29, 0.717) is 42.2 Å². The molecule has 1 aliphatic heterocycles. The second kappa shape index (κ2) is 7.71. The second-order valence-corrected chi connectivity index (χ2v) is 7.73. The first-order chi connectivity index (χ1) is 15.1. The first-order valence-corrected chi connectivity index (χ1v) is 10.2. The molecule has 0 radical (unpaired) electrons. The van der Waals surface area contributed by atoms with Gasteiger partial charge in [-0.2, -0.15) is 5.10 Å². The summed E-state index contributed by atoms with van der Waals surface area (Å²) in [7, 11) is 0. The van der Waals surface area contributed by atoms with E-state index in [1.165, 1.54) is 0 Å². The van der Waals surface area contributed by atoms with Crippen LogP contribution in [0.15, 0.2) is 65.5 Å². The van der Waals surface area contributed by atoms with Crippen molar-refractivity contribution in [1.29, 1.82) is 0 Å². The van der Waals surface area contributed by atoms with E-state index in [0.717, 1.165) is 11.3 Å². The molecule has 156 valence electrons. The van der Waals surface area contributed by atoms with Crippen molar-refractivity contribution in [3.8, 4) is 5.69 Å². The maximum atomic E-state index is 12.7. The molecule has 0 bridgehead atoms. The number of fused-ring (bicyclic) bond motifs is 1. The third-order valence-electron chi connectivity index (χ3n) is 5.57.